The van der Waals surface area contributed by atoms with Gasteiger partial charge in [-0.1, -0.05) is 67.6 Å². The molecule has 0 saturated heterocycles. The summed E-state index contributed by atoms with van der Waals surface area (Å²) < 4.78 is 1.87. The Hall–Kier alpha value is -1.61. The average molecular weight is 303 g/mol. The highest BCUT2D eigenvalue weighted by Gasteiger charge is 2.23. The molecule has 0 aliphatic heterocycles. The van der Waals surface area contributed by atoms with E-state index in [9.17, 15) is 4.79 Å². The number of aromatic nitrogens is 2. The second kappa shape index (κ2) is 6.44. The molecule has 4 heteroatoms. The third-order valence-electron chi connectivity index (χ3n) is 4.22. The van der Waals surface area contributed by atoms with Gasteiger partial charge in [-0.05, 0) is 12.8 Å². The van der Waals surface area contributed by atoms with E-state index in [0.29, 0.717) is 22.5 Å². The fraction of sp³-hybridized carbons (Fsp3) is 0.412. The van der Waals surface area contributed by atoms with E-state index in [1.165, 1.54) is 25.7 Å². The van der Waals surface area contributed by atoms with Crippen molar-refractivity contribution < 1.29 is 4.79 Å². The molecule has 2 aromatic rings. The number of hydrogen-bond acceptors (Lipinski definition) is 2. The first-order valence-electron chi connectivity index (χ1n) is 7.60. The molecule has 1 aromatic heterocycles. The summed E-state index contributed by atoms with van der Waals surface area (Å²) >= 11 is 6.44. The van der Waals surface area contributed by atoms with Crippen LogP contribution in [0.1, 0.15) is 54.9 Å². The van der Waals surface area contributed by atoms with Crippen molar-refractivity contribution in [3.8, 4) is 11.3 Å². The molecule has 1 aliphatic carbocycles. The maximum Gasteiger partial charge on any atom is 0.155 e. The fourth-order valence-corrected chi connectivity index (χ4v) is 3.39. The summed E-state index contributed by atoms with van der Waals surface area (Å²) in [5.74, 6) is 0. The third-order valence-corrected chi connectivity index (χ3v) is 4.60. The van der Waals surface area contributed by atoms with Crippen molar-refractivity contribution in [2.45, 2.75) is 44.6 Å². The van der Waals surface area contributed by atoms with Crippen LogP contribution in [0.4, 0.5) is 0 Å². The van der Waals surface area contributed by atoms with Crippen LogP contribution in [0, 0.1) is 0 Å². The van der Waals surface area contributed by atoms with Crippen LogP contribution in [0.15, 0.2) is 30.3 Å². The first-order chi connectivity index (χ1) is 10.3. The molecule has 1 fully saturated rings. The maximum atomic E-state index is 11.4. The Morgan fingerprint density at radius 2 is 1.76 bits per heavy atom. The van der Waals surface area contributed by atoms with Gasteiger partial charge in [-0.2, -0.15) is 5.10 Å². The first-order valence-corrected chi connectivity index (χ1v) is 7.97. The number of benzene rings is 1. The summed E-state index contributed by atoms with van der Waals surface area (Å²) in [7, 11) is 0. The quantitative estimate of drug-likeness (QED) is 0.596. The van der Waals surface area contributed by atoms with E-state index in [0.717, 1.165) is 24.7 Å². The zero-order valence-electron chi connectivity index (χ0n) is 12.0. The Bertz CT molecular complexity index is 613. The van der Waals surface area contributed by atoms with E-state index in [1.54, 1.807) is 0 Å². The number of hydrogen-bond donors (Lipinski definition) is 0. The molecule has 0 N–H and O–H groups in total. The van der Waals surface area contributed by atoms with Gasteiger partial charge in [0.2, 0.25) is 0 Å². The highest BCUT2D eigenvalue weighted by molar-refractivity contribution is 6.32. The summed E-state index contributed by atoms with van der Waals surface area (Å²) in [6.07, 6.45) is 7.98. The molecule has 1 heterocycles. The number of aldehydes is 1. The minimum Gasteiger partial charge on any atom is -0.298 e. The van der Waals surface area contributed by atoms with Crippen molar-refractivity contribution in [3.63, 3.8) is 0 Å². The zero-order chi connectivity index (χ0) is 14.7. The Morgan fingerprint density at radius 3 is 2.38 bits per heavy atom. The molecule has 0 bridgehead atoms. The average Bonchev–Trinajstić information content (AvgIpc) is 2.70. The monoisotopic (exact) mass is 302 g/mol. The predicted octanol–water partition coefficient (Wildman–Crippen LogP) is 4.91. The van der Waals surface area contributed by atoms with Crippen LogP contribution in [0.3, 0.4) is 0 Å². The van der Waals surface area contributed by atoms with Crippen molar-refractivity contribution >= 4 is 17.9 Å². The Morgan fingerprint density at radius 1 is 1.10 bits per heavy atom. The number of halogens is 1. The standard InChI is InChI=1S/C17H19ClN2O/c18-17-15(12-21)16(13-8-4-3-5-9-13)19-20(17)14-10-6-1-2-7-11-14/h3-5,8-9,12,14H,1-2,6-7,10-11H2. The molecule has 0 atom stereocenters. The van der Waals surface area contributed by atoms with Crippen molar-refractivity contribution in [3.05, 3.63) is 41.0 Å². The van der Waals surface area contributed by atoms with Gasteiger partial charge in [-0.25, -0.2) is 4.68 Å². The lowest BCUT2D eigenvalue weighted by Crippen LogP contribution is -2.10. The molecule has 1 aromatic carbocycles. The van der Waals surface area contributed by atoms with Gasteiger partial charge in [0.05, 0.1) is 11.6 Å². The lowest BCUT2D eigenvalue weighted by atomic mass is 10.1. The fourth-order valence-electron chi connectivity index (χ4n) is 3.08. The van der Waals surface area contributed by atoms with Gasteiger partial charge in [-0.3, -0.25) is 4.79 Å². The smallest absolute Gasteiger partial charge is 0.155 e. The second-order valence-corrected chi connectivity index (χ2v) is 5.98. The van der Waals surface area contributed by atoms with E-state index in [1.807, 2.05) is 35.0 Å². The highest BCUT2D eigenvalue weighted by Crippen LogP contribution is 2.34. The van der Waals surface area contributed by atoms with Crippen LogP contribution >= 0.6 is 11.6 Å². The van der Waals surface area contributed by atoms with Crippen LogP contribution in [0.2, 0.25) is 5.15 Å². The minimum atomic E-state index is 0.316. The van der Waals surface area contributed by atoms with Gasteiger partial charge < -0.3 is 0 Å². The largest absolute Gasteiger partial charge is 0.298 e. The van der Waals surface area contributed by atoms with Crippen LogP contribution in [0.25, 0.3) is 11.3 Å². The van der Waals surface area contributed by atoms with Crippen LogP contribution in [-0.2, 0) is 0 Å². The summed E-state index contributed by atoms with van der Waals surface area (Å²) in [5, 5.41) is 5.15. The molecular formula is C17H19ClN2O. The van der Waals surface area contributed by atoms with Crippen molar-refractivity contribution in [1.82, 2.24) is 9.78 Å². The number of rotatable bonds is 3. The van der Waals surface area contributed by atoms with Gasteiger partial charge in [0.15, 0.2) is 6.29 Å². The second-order valence-electron chi connectivity index (χ2n) is 5.63. The van der Waals surface area contributed by atoms with Crippen molar-refractivity contribution in [2.24, 2.45) is 0 Å². The molecule has 3 nitrogen and oxygen atoms in total. The molecule has 0 unspecified atom stereocenters. The molecule has 0 amide bonds. The van der Waals surface area contributed by atoms with Gasteiger partial charge >= 0.3 is 0 Å². The van der Waals surface area contributed by atoms with E-state index >= 15 is 0 Å². The van der Waals surface area contributed by atoms with Gasteiger partial charge in [-0.15, -0.1) is 0 Å². The summed E-state index contributed by atoms with van der Waals surface area (Å²) in [6, 6.07) is 10.1. The topological polar surface area (TPSA) is 34.9 Å². The Kier molecular flexibility index (Phi) is 4.39. The van der Waals surface area contributed by atoms with Crippen LogP contribution in [0.5, 0.6) is 0 Å². The normalized spacial score (nSPS) is 16.6. The number of carbonyl (C=O) groups excluding carboxylic acids is 1. The molecule has 3 rings (SSSR count). The lowest BCUT2D eigenvalue weighted by Gasteiger charge is -2.15. The molecule has 0 radical (unpaired) electrons. The first kappa shape index (κ1) is 14.3. The molecule has 21 heavy (non-hydrogen) atoms. The van der Waals surface area contributed by atoms with Gasteiger partial charge in [0.1, 0.15) is 10.8 Å². The zero-order valence-corrected chi connectivity index (χ0v) is 12.7. The van der Waals surface area contributed by atoms with E-state index in [-0.39, 0.29) is 0 Å². The summed E-state index contributed by atoms with van der Waals surface area (Å²) in [5.41, 5.74) is 2.14. The molecule has 0 spiro atoms. The SMILES string of the molecule is O=Cc1c(-c2ccccc2)nn(C2CCCCCC2)c1Cl. The molecular weight excluding hydrogens is 284 g/mol. The Balaban J connectivity index is 2.02. The molecule has 1 aliphatic rings. The number of carbonyl (C=O) groups is 1. The molecule has 1 saturated carbocycles. The van der Waals surface area contributed by atoms with Gasteiger partial charge in [0, 0.05) is 5.56 Å². The third kappa shape index (κ3) is 2.88. The van der Waals surface area contributed by atoms with E-state index < -0.39 is 0 Å². The maximum absolute atomic E-state index is 11.4. The van der Waals surface area contributed by atoms with Gasteiger partial charge in [0.25, 0.3) is 0 Å². The van der Waals surface area contributed by atoms with Crippen LogP contribution < -0.4 is 0 Å². The minimum absolute atomic E-state index is 0.316. The number of nitrogens with zero attached hydrogens (tertiary/aromatic N) is 2. The molecule has 110 valence electrons. The highest BCUT2D eigenvalue weighted by atomic mass is 35.5. The Labute approximate surface area is 129 Å². The summed E-state index contributed by atoms with van der Waals surface area (Å²) in [6.45, 7) is 0. The van der Waals surface area contributed by atoms with Crippen molar-refractivity contribution in [1.29, 1.82) is 0 Å². The van der Waals surface area contributed by atoms with E-state index in [4.69, 9.17) is 11.6 Å². The lowest BCUT2D eigenvalue weighted by molar-refractivity contribution is 0.112. The predicted molar refractivity (Wildman–Crippen MR) is 84.8 cm³/mol. The van der Waals surface area contributed by atoms with Crippen LogP contribution in [-0.4, -0.2) is 16.1 Å². The van der Waals surface area contributed by atoms with E-state index in [2.05, 4.69) is 5.10 Å². The summed E-state index contributed by atoms with van der Waals surface area (Å²) in [4.78, 5) is 11.4. The van der Waals surface area contributed by atoms with Crippen molar-refractivity contribution in [2.75, 3.05) is 0 Å².